The zero-order chi connectivity index (χ0) is 13.1. The Morgan fingerprint density at radius 1 is 1.28 bits per heavy atom. The fraction of sp³-hybridized carbons (Fsp3) is 0.0714. The molecule has 0 bridgehead atoms. The molecule has 0 amide bonds. The maximum absolute atomic E-state index is 10.7. The first-order valence-electron chi connectivity index (χ1n) is 5.34. The summed E-state index contributed by atoms with van der Waals surface area (Å²) in [4.78, 5) is 10.7. The van der Waals surface area contributed by atoms with Crippen molar-refractivity contribution in [3.8, 4) is 11.3 Å². The summed E-state index contributed by atoms with van der Waals surface area (Å²) in [6, 6.07) is 10.8. The summed E-state index contributed by atoms with van der Waals surface area (Å²) >= 11 is 6.05. The van der Waals surface area contributed by atoms with Crippen LogP contribution in [0.4, 0.5) is 0 Å². The molecule has 2 aromatic rings. The molecule has 1 aromatic carbocycles. The van der Waals surface area contributed by atoms with Crippen LogP contribution < -0.4 is 0 Å². The number of carbonyl (C=O) groups is 1. The van der Waals surface area contributed by atoms with Gasteiger partial charge in [0.2, 0.25) is 0 Å². The van der Waals surface area contributed by atoms with Crippen molar-refractivity contribution in [1.29, 1.82) is 0 Å². The summed E-state index contributed by atoms with van der Waals surface area (Å²) in [7, 11) is 0. The van der Waals surface area contributed by atoms with E-state index in [4.69, 9.17) is 21.1 Å². The number of furan rings is 1. The van der Waals surface area contributed by atoms with E-state index in [-0.39, 0.29) is 5.57 Å². The summed E-state index contributed by atoms with van der Waals surface area (Å²) < 4.78 is 5.55. The van der Waals surface area contributed by atoms with Gasteiger partial charge in [-0.25, -0.2) is 4.79 Å². The van der Waals surface area contributed by atoms with Crippen molar-refractivity contribution in [2.45, 2.75) is 6.92 Å². The molecule has 1 heterocycles. The van der Waals surface area contributed by atoms with Gasteiger partial charge in [0.05, 0.1) is 5.02 Å². The van der Waals surface area contributed by atoms with Crippen LogP contribution in [0.5, 0.6) is 0 Å². The van der Waals surface area contributed by atoms with Gasteiger partial charge in [-0.3, -0.25) is 0 Å². The molecule has 92 valence electrons. The second kappa shape index (κ2) is 5.10. The lowest BCUT2D eigenvalue weighted by Crippen LogP contribution is -1.94. The molecule has 0 aliphatic carbocycles. The van der Waals surface area contributed by atoms with Gasteiger partial charge in [0, 0.05) is 11.1 Å². The minimum atomic E-state index is -0.967. The Balaban J connectivity index is 2.35. The highest BCUT2D eigenvalue weighted by molar-refractivity contribution is 6.33. The molecule has 18 heavy (non-hydrogen) atoms. The molecule has 3 nitrogen and oxygen atoms in total. The maximum Gasteiger partial charge on any atom is 0.331 e. The molecule has 0 radical (unpaired) electrons. The minimum absolute atomic E-state index is 0.218. The number of benzene rings is 1. The average Bonchev–Trinajstić information content (AvgIpc) is 2.77. The average molecular weight is 263 g/mol. The standard InChI is InChI=1S/C14H11ClO3/c1-9(14(16)17)8-10-6-7-13(18-10)11-4-2-3-5-12(11)15/h2-8H,1H3,(H,16,17)/b9-8+. The summed E-state index contributed by atoms with van der Waals surface area (Å²) in [5.41, 5.74) is 1.00. The number of rotatable bonds is 3. The van der Waals surface area contributed by atoms with Crippen molar-refractivity contribution < 1.29 is 14.3 Å². The van der Waals surface area contributed by atoms with Crippen LogP contribution in [0.25, 0.3) is 17.4 Å². The summed E-state index contributed by atoms with van der Waals surface area (Å²) in [5, 5.41) is 9.37. The lowest BCUT2D eigenvalue weighted by atomic mass is 10.2. The van der Waals surface area contributed by atoms with Gasteiger partial charge in [-0.1, -0.05) is 23.7 Å². The van der Waals surface area contributed by atoms with Gasteiger partial charge < -0.3 is 9.52 Å². The van der Waals surface area contributed by atoms with E-state index in [1.165, 1.54) is 13.0 Å². The lowest BCUT2D eigenvalue weighted by Gasteiger charge is -1.99. The van der Waals surface area contributed by atoms with Crippen LogP contribution in [0.15, 0.2) is 46.4 Å². The Morgan fingerprint density at radius 3 is 2.67 bits per heavy atom. The van der Waals surface area contributed by atoms with Crippen molar-refractivity contribution in [2.24, 2.45) is 0 Å². The Morgan fingerprint density at radius 2 is 2.00 bits per heavy atom. The number of aliphatic carboxylic acids is 1. The van der Waals surface area contributed by atoms with Crippen LogP contribution in [0.2, 0.25) is 5.02 Å². The first-order chi connectivity index (χ1) is 8.58. The van der Waals surface area contributed by atoms with Gasteiger partial charge in [0.25, 0.3) is 0 Å². The Bertz CT molecular complexity index is 611. The van der Waals surface area contributed by atoms with Crippen molar-refractivity contribution in [3.63, 3.8) is 0 Å². The highest BCUT2D eigenvalue weighted by Gasteiger charge is 2.08. The highest BCUT2D eigenvalue weighted by atomic mass is 35.5. The van der Waals surface area contributed by atoms with Crippen LogP contribution in [-0.4, -0.2) is 11.1 Å². The molecule has 1 aromatic heterocycles. The molecule has 0 atom stereocenters. The largest absolute Gasteiger partial charge is 0.478 e. The number of carboxylic acid groups (broad SMARTS) is 1. The topological polar surface area (TPSA) is 50.4 Å². The van der Waals surface area contributed by atoms with Crippen molar-refractivity contribution in [3.05, 3.63) is 52.8 Å². The van der Waals surface area contributed by atoms with E-state index in [0.29, 0.717) is 16.5 Å². The molecule has 0 spiro atoms. The highest BCUT2D eigenvalue weighted by Crippen LogP contribution is 2.29. The van der Waals surface area contributed by atoms with Gasteiger partial charge in [0.15, 0.2) is 0 Å². The van der Waals surface area contributed by atoms with E-state index in [2.05, 4.69) is 0 Å². The predicted octanol–water partition coefficient (Wildman–Crippen LogP) is 4.09. The number of halogens is 1. The van der Waals surface area contributed by atoms with E-state index < -0.39 is 5.97 Å². The molecular weight excluding hydrogens is 252 g/mol. The third kappa shape index (κ3) is 2.63. The monoisotopic (exact) mass is 262 g/mol. The second-order valence-corrected chi connectivity index (χ2v) is 4.22. The zero-order valence-corrected chi connectivity index (χ0v) is 10.4. The van der Waals surface area contributed by atoms with Gasteiger partial charge in [-0.2, -0.15) is 0 Å². The molecule has 0 aliphatic rings. The third-order valence-electron chi connectivity index (χ3n) is 2.46. The second-order valence-electron chi connectivity index (χ2n) is 3.81. The molecule has 0 aliphatic heterocycles. The van der Waals surface area contributed by atoms with Gasteiger partial charge >= 0.3 is 5.97 Å². The summed E-state index contributed by atoms with van der Waals surface area (Å²) in [6.45, 7) is 1.51. The molecule has 4 heteroatoms. The first-order valence-corrected chi connectivity index (χ1v) is 5.72. The molecule has 0 unspecified atom stereocenters. The first kappa shape index (κ1) is 12.5. The van der Waals surface area contributed by atoms with Gasteiger partial charge in [-0.05, 0) is 37.3 Å². The Labute approximate surface area is 109 Å². The van der Waals surface area contributed by atoms with Gasteiger partial charge in [0.1, 0.15) is 11.5 Å². The fourth-order valence-electron chi connectivity index (χ4n) is 1.51. The molecule has 0 fully saturated rings. The third-order valence-corrected chi connectivity index (χ3v) is 2.79. The summed E-state index contributed by atoms with van der Waals surface area (Å²) in [5.74, 6) is 0.139. The summed E-state index contributed by atoms with van der Waals surface area (Å²) in [6.07, 6.45) is 1.47. The lowest BCUT2D eigenvalue weighted by molar-refractivity contribution is -0.132. The van der Waals surface area contributed by atoms with Crippen molar-refractivity contribution >= 4 is 23.6 Å². The maximum atomic E-state index is 10.7. The normalized spacial score (nSPS) is 11.6. The number of hydrogen-bond acceptors (Lipinski definition) is 2. The predicted molar refractivity (Wildman–Crippen MR) is 70.4 cm³/mol. The van der Waals surface area contributed by atoms with E-state index in [0.717, 1.165) is 5.56 Å². The smallest absolute Gasteiger partial charge is 0.331 e. The number of hydrogen-bond donors (Lipinski definition) is 1. The molecule has 1 N–H and O–H groups in total. The van der Waals surface area contributed by atoms with Crippen molar-refractivity contribution in [2.75, 3.05) is 0 Å². The van der Waals surface area contributed by atoms with Crippen LogP contribution in [0, 0.1) is 0 Å². The van der Waals surface area contributed by atoms with Crippen molar-refractivity contribution in [1.82, 2.24) is 0 Å². The number of carboxylic acids is 1. The SMILES string of the molecule is C/C(=C\c1ccc(-c2ccccc2Cl)o1)C(=O)O. The quantitative estimate of drug-likeness (QED) is 0.848. The van der Waals surface area contributed by atoms with Crippen LogP contribution in [0.3, 0.4) is 0 Å². The molecule has 0 saturated heterocycles. The van der Waals surface area contributed by atoms with E-state index >= 15 is 0 Å². The van der Waals surface area contributed by atoms with Crippen LogP contribution in [0.1, 0.15) is 12.7 Å². The Kier molecular flexibility index (Phi) is 3.53. The molecular formula is C14H11ClO3. The van der Waals surface area contributed by atoms with Crippen LogP contribution >= 0.6 is 11.6 Å². The molecule has 2 rings (SSSR count). The fourth-order valence-corrected chi connectivity index (χ4v) is 1.74. The Hall–Kier alpha value is -2.00. The van der Waals surface area contributed by atoms with E-state index in [9.17, 15) is 4.79 Å². The van der Waals surface area contributed by atoms with E-state index in [1.807, 2.05) is 18.2 Å². The minimum Gasteiger partial charge on any atom is -0.478 e. The van der Waals surface area contributed by atoms with E-state index in [1.54, 1.807) is 18.2 Å². The van der Waals surface area contributed by atoms with Gasteiger partial charge in [-0.15, -0.1) is 0 Å². The zero-order valence-electron chi connectivity index (χ0n) is 9.68. The molecule has 0 saturated carbocycles. The van der Waals surface area contributed by atoms with Crippen LogP contribution in [-0.2, 0) is 4.79 Å².